The van der Waals surface area contributed by atoms with Crippen LogP contribution in [0.2, 0.25) is 0 Å². The number of carbonyl (C=O) groups is 1. The molecular formula is C18H18F4N4O4S. The molecule has 2 aromatic rings. The van der Waals surface area contributed by atoms with Crippen LogP contribution in [0.25, 0.3) is 11.5 Å². The standard InChI is InChI=1S/C18H18F4N4O4S/c19-14(20)16(27)23-11-3-1-2-4-12(11)26-8-10-6-5-9(7-13(10)31(26,28)29)17-24-25-18(30-17)15(21)22/h5-7,11-12,14-15H,1-4,8H2,(H,23,27)/t11-,12-/m1/s1. The van der Waals surface area contributed by atoms with Crippen molar-refractivity contribution in [1.82, 2.24) is 19.8 Å². The second-order valence-corrected chi connectivity index (χ2v) is 9.25. The summed E-state index contributed by atoms with van der Waals surface area (Å²) in [6.45, 7) is 0.00970. The number of hydrogen-bond acceptors (Lipinski definition) is 6. The van der Waals surface area contributed by atoms with Gasteiger partial charge in [-0.05, 0) is 30.5 Å². The quantitative estimate of drug-likeness (QED) is 0.685. The van der Waals surface area contributed by atoms with Crippen LogP contribution < -0.4 is 5.32 Å². The molecule has 4 rings (SSSR count). The van der Waals surface area contributed by atoms with Crippen LogP contribution >= 0.6 is 0 Å². The molecule has 1 aromatic heterocycles. The molecule has 1 aliphatic heterocycles. The van der Waals surface area contributed by atoms with Crippen LogP contribution in [-0.4, -0.2) is 47.3 Å². The number of nitrogens with one attached hydrogen (secondary N) is 1. The Morgan fingerprint density at radius 3 is 2.58 bits per heavy atom. The first-order valence-corrected chi connectivity index (χ1v) is 11.0. The fraction of sp³-hybridized carbons (Fsp3) is 0.500. The van der Waals surface area contributed by atoms with Crippen molar-refractivity contribution in [3.05, 3.63) is 29.7 Å². The van der Waals surface area contributed by atoms with Crippen molar-refractivity contribution in [2.24, 2.45) is 0 Å². The predicted molar refractivity (Wildman–Crippen MR) is 97.6 cm³/mol. The van der Waals surface area contributed by atoms with Crippen molar-refractivity contribution >= 4 is 15.9 Å². The van der Waals surface area contributed by atoms with E-state index in [2.05, 4.69) is 15.5 Å². The van der Waals surface area contributed by atoms with Gasteiger partial charge in [0.25, 0.3) is 11.8 Å². The zero-order valence-corrected chi connectivity index (χ0v) is 16.8. The molecule has 31 heavy (non-hydrogen) atoms. The Morgan fingerprint density at radius 2 is 1.90 bits per heavy atom. The summed E-state index contributed by atoms with van der Waals surface area (Å²) in [4.78, 5) is 11.4. The van der Waals surface area contributed by atoms with Gasteiger partial charge in [0.2, 0.25) is 15.9 Å². The van der Waals surface area contributed by atoms with Crippen LogP contribution in [0.1, 0.15) is 43.6 Å². The van der Waals surface area contributed by atoms with Crippen LogP contribution in [0.3, 0.4) is 0 Å². The number of aromatic nitrogens is 2. The van der Waals surface area contributed by atoms with E-state index in [1.165, 1.54) is 22.5 Å². The van der Waals surface area contributed by atoms with Crippen molar-refractivity contribution < 1.29 is 35.2 Å². The Bertz CT molecular complexity index is 1090. The molecule has 0 unspecified atom stereocenters. The number of nitrogens with zero attached hydrogens (tertiary/aromatic N) is 3. The maximum absolute atomic E-state index is 13.2. The molecule has 0 spiro atoms. The third-order valence-electron chi connectivity index (χ3n) is 5.48. The van der Waals surface area contributed by atoms with Gasteiger partial charge in [-0.1, -0.05) is 18.9 Å². The Kier molecular flexibility index (Phi) is 5.73. The van der Waals surface area contributed by atoms with E-state index in [1.54, 1.807) is 0 Å². The lowest BCUT2D eigenvalue weighted by molar-refractivity contribution is -0.133. The smallest absolute Gasteiger partial charge is 0.315 e. The fourth-order valence-electron chi connectivity index (χ4n) is 4.04. The molecular weight excluding hydrogens is 444 g/mol. The predicted octanol–water partition coefficient (Wildman–Crippen LogP) is 2.87. The molecule has 8 nitrogen and oxygen atoms in total. The van der Waals surface area contributed by atoms with Crippen molar-refractivity contribution in [3.8, 4) is 11.5 Å². The normalized spacial score (nSPS) is 23.3. The largest absolute Gasteiger partial charge is 0.415 e. The molecule has 168 valence electrons. The molecule has 2 aliphatic rings. The molecule has 1 aromatic carbocycles. The number of alkyl halides is 4. The van der Waals surface area contributed by atoms with Gasteiger partial charge in [0.1, 0.15) is 0 Å². The first-order chi connectivity index (χ1) is 14.7. The van der Waals surface area contributed by atoms with Gasteiger partial charge in [-0.2, -0.15) is 21.9 Å². The van der Waals surface area contributed by atoms with Gasteiger partial charge in [0, 0.05) is 24.2 Å². The topological polar surface area (TPSA) is 105 Å². The third-order valence-corrected chi connectivity index (χ3v) is 7.43. The summed E-state index contributed by atoms with van der Waals surface area (Å²) in [6, 6.07) is 2.86. The second kappa shape index (κ2) is 8.19. The molecule has 1 aliphatic carbocycles. The van der Waals surface area contributed by atoms with Gasteiger partial charge in [-0.15, -0.1) is 10.2 Å². The first kappa shape index (κ1) is 21.7. The molecule has 0 bridgehead atoms. The third kappa shape index (κ3) is 4.03. The summed E-state index contributed by atoms with van der Waals surface area (Å²) in [7, 11) is -4.02. The molecule has 1 N–H and O–H groups in total. The number of carbonyl (C=O) groups excluding carboxylic acids is 1. The van der Waals surface area contributed by atoms with E-state index in [0.29, 0.717) is 31.2 Å². The van der Waals surface area contributed by atoms with Crippen LogP contribution in [0.15, 0.2) is 27.5 Å². The minimum absolute atomic E-state index is 0.00970. The number of sulfonamides is 1. The highest BCUT2D eigenvalue weighted by molar-refractivity contribution is 7.89. The zero-order chi connectivity index (χ0) is 22.3. The van der Waals surface area contributed by atoms with Crippen LogP contribution in [0.5, 0.6) is 0 Å². The van der Waals surface area contributed by atoms with Gasteiger partial charge in [-0.3, -0.25) is 4.79 Å². The highest BCUT2D eigenvalue weighted by Crippen LogP contribution is 2.38. The van der Waals surface area contributed by atoms with Crippen molar-refractivity contribution in [1.29, 1.82) is 0 Å². The highest BCUT2D eigenvalue weighted by atomic mass is 32.2. The zero-order valence-electron chi connectivity index (χ0n) is 16.0. The summed E-state index contributed by atoms with van der Waals surface area (Å²) < 4.78 is 83.3. The molecule has 2 heterocycles. The van der Waals surface area contributed by atoms with E-state index in [4.69, 9.17) is 4.42 Å². The lowest BCUT2D eigenvalue weighted by atomic mass is 9.90. The maximum atomic E-state index is 13.2. The Morgan fingerprint density at radius 1 is 1.16 bits per heavy atom. The van der Waals surface area contributed by atoms with E-state index in [-0.39, 0.29) is 22.9 Å². The monoisotopic (exact) mass is 462 g/mol. The molecule has 1 amide bonds. The minimum atomic E-state index is -4.02. The van der Waals surface area contributed by atoms with E-state index < -0.39 is 46.8 Å². The highest BCUT2D eigenvalue weighted by Gasteiger charge is 2.44. The number of fused-ring (bicyclic) bond motifs is 1. The number of benzene rings is 1. The lowest BCUT2D eigenvalue weighted by Crippen LogP contribution is -2.54. The van der Waals surface area contributed by atoms with E-state index in [9.17, 15) is 30.8 Å². The van der Waals surface area contributed by atoms with Gasteiger partial charge < -0.3 is 9.73 Å². The van der Waals surface area contributed by atoms with E-state index >= 15 is 0 Å². The molecule has 0 radical (unpaired) electrons. The van der Waals surface area contributed by atoms with Crippen molar-refractivity contribution in [2.75, 3.05) is 0 Å². The Balaban J connectivity index is 1.62. The van der Waals surface area contributed by atoms with E-state index in [0.717, 1.165) is 0 Å². The number of amides is 1. The van der Waals surface area contributed by atoms with Crippen LogP contribution in [-0.2, 0) is 21.4 Å². The average molecular weight is 462 g/mol. The SMILES string of the molecule is O=C(N[C@@H]1CCCC[C@H]1N1Cc2ccc(-c3nnc(C(F)F)o3)cc2S1(=O)=O)C(F)F. The molecule has 2 atom stereocenters. The second-order valence-electron chi connectivity index (χ2n) is 7.39. The number of rotatable bonds is 5. The summed E-state index contributed by atoms with van der Waals surface area (Å²) in [5, 5.41) is 9.02. The van der Waals surface area contributed by atoms with Crippen LogP contribution in [0, 0.1) is 0 Å². The molecule has 1 fully saturated rings. The number of halogens is 4. The Hall–Kier alpha value is -2.54. The maximum Gasteiger partial charge on any atom is 0.315 e. The lowest BCUT2D eigenvalue weighted by Gasteiger charge is -2.37. The van der Waals surface area contributed by atoms with Gasteiger partial charge in [-0.25, -0.2) is 8.42 Å². The summed E-state index contributed by atoms with van der Waals surface area (Å²) in [5.41, 5.74) is 0.622. The van der Waals surface area contributed by atoms with Gasteiger partial charge in [0.15, 0.2) is 0 Å². The summed E-state index contributed by atoms with van der Waals surface area (Å²) in [5.74, 6) is -2.55. The van der Waals surface area contributed by atoms with Gasteiger partial charge in [0.05, 0.1) is 4.90 Å². The number of hydrogen-bond donors (Lipinski definition) is 1. The average Bonchev–Trinajstić information content (AvgIpc) is 3.32. The fourth-order valence-corrected chi connectivity index (χ4v) is 5.95. The Labute approximate surface area is 174 Å². The van der Waals surface area contributed by atoms with Crippen LogP contribution in [0.4, 0.5) is 17.6 Å². The molecule has 13 heteroatoms. The summed E-state index contributed by atoms with van der Waals surface area (Å²) in [6.07, 6.45) is -3.98. The minimum Gasteiger partial charge on any atom is -0.415 e. The van der Waals surface area contributed by atoms with Crippen molar-refractivity contribution in [2.45, 2.75) is 62.1 Å². The summed E-state index contributed by atoms with van der Waals surface area (Å²) >= 11 is 0. The molecule has 0 saturated heterocycles. The molecule has 1 saturated carbocycles. The first-order valence-electron chi connectivity index (χ1n) is 9.53. The van der Waals surface area contributed by atoms with Crippen molar-refractivity contribution in [3.63, 3.8) is 0 Å². The van der Waals surface area contributed by atoms with E-state index in [1.807, 2.05) is 0 Å². The van der Waals surface area contributed by atoms with Gasteiger partial charge >= 0.3 is 12.9 Å².